The minimum atomic E-state index is -0.479. The Hall–Kier alpha value is -4.64. The van der Waals surface area contributed by atoms with Crippen LogP contribution in [0, 0.1) is 0 Å². The van der Waals surface area contributed by atoms with Gasteiger partial charge in [0.05, 0.1) is 0 Å². The molecule has 0 aliphatic rings. The van der Waals surface area contributed by atoms with Gasteiger partial charge in [-0.3, -0.25) is 0 Å². The van der Waals surface area contributed by atoms with Crippen LogP contribution in [0.2, 0.25) is 0 Å². The summed E-state index contributed by atoms with van der Waals surface area (Å²) in [6.07, 6.45) is 0. The maximum atomic E-state index is 9.79. The van der Waals surface area contributed by atoms with Gasteiger partial charge < -0.3 is 25.5 Å². The molecule has 5 N–H and O–H groups in total. The first-order chi connectivity index (χ1) is 15.9. The normalized spacial score (nSPS) is 11.0. The van der Waals surface area contributed by atoms with E-state index in [1.165, 1.54) is 12.1 Å². The summed E-state index contributed by atoms with van der Waals surface area (Å²) in [6, 6.07) is 28.0. The highest BCUT2D eigenvalue weighted by atomic mass is 16.3. The van der Waals surface area contributed by atoms with E-state index in [0.717, 1.165) is 26.9 Å². The van der Waals surface area contributed by atoms with Gasteiger partial charge in [-0.15, -0.1) is 0 Å². The van der Waals surface area contributed by atoms with E-state index in [2.05, 4.69) is 0 Å². The Balaban J connectivity index is 0.000000139. The van der Waals surface area contributed by atoms with Crippen molar-refractivity contribution in [3.05, 3.63) is 91.0 Å². The summed E-state index contributed by atoms with van der Waals surface area (Å²) in [7, 11) is 0. The van der Waals surface area contributed by atoms with Crippen molar-refractivity contribution in [3.8, 4) is 28.7 Å². The molecule has 0 saturated carbocycles. The SMILES string of the molecule is Oc1cc2cc3ccccc3cc2c(O)c1O.Oc1ccc2cc3ccccc3cc2c1O. The molecule has 0 saturated heterocycles. The lowest BCUT2D eigenvalue weighted by molar-refractivity contribution is 0.371. The predicted molar refractivity (Wildman–Crippen MR) is 131 cm³/mol. The molecule has 0 amide bonds. The van der Waals surface area contributed by atoms with E-state index < -0.39 is 5.75 Å². The van der Waals surface area contributed by atoms with Crippen molar-refractivity contribution in [2.45, 2.75) is 0 Å². The molecule has 0 aromatic heterocycles. The van der Waals surface area contributed by atoms with E-state index in [0.29, 0.717) is 16.2 Å². The molecule has 5 nitrogen and oxygen atoms in total. The van der Waals surface area contributed by atoms with Gasteiger partial charge in [0.15, 0.2) is 23.0 Å². The van der Waals surface area contributed by atoms with Crippen LogP contribution in [0.5, 0.6) is 28.7 Å². The highest BCUT2D eigenvalue weighted by Crippen LogP contribution is 2.42. The molecule has 33 heavy (non-hydrogen) atoms. The number of aromatic hydroxyl groups is 5. The number of rotatable bonds is 0. The van der Waals surface area contributed by atoms with Crippen molar-refractivity contribution in [2.75, 3.05) is 0 Å². The molecule has 0 aliphatic heterocycles. The minimum Gasteiger partial charge on any atom is -0.504 e. The quantitative estimate of drug-likeness (QED) is 0.138. The van der Waals surface area contributed by atoms with Crippen LogP contribution in [0.3, 0.4) is 0 Å². The Kier molecular flexibility index (Phi) is 4.79. The van der Waals surface area contributed by atoms with Crippen LogP contribution in [-0.2, 0) is 0 Å². The Bertz CT molecular complexity index is 1670. The fourth-order valence-corrected chi connectivity index (χ4v) is 4.03. The third kappa shape index (κ3) is 3.55. The van der Waals surface area contributed by atoms with Gasteiger partial charge in [0, 0.05) is 10.8 Å². The Labute approximate surface area is 188 Å². The number of hydrogen-bond acceptors (Lipinski definition) is 5. The lowest BCUT2D eigenvalue weighted by Crippen LogP contribution is -1.79. The first kappa shape index (κ1) is 20.3. The van der Waals surface area contributed by atoms with Crippen LogP contribution < -0.4 is 0 Å². The van der Waals surface area contributed by atoms with Gasteiger partial charge in [0.2, 0.25) is 5.75 Å². The number of benzene rings is 6. The topological polar surface area (TPSA) is 101 Å². The van der Waals surface area contributed by atoms with Crippen molar-refractivity contribution < 1.29 is 25.5 Å². The van der Waals surface area contributed by atoms with E-state index in [4.69, 9.17) is 0 Å². The lowest BCUT2D eigenvalue weighted by Gasteiger charge is -2.07. The van der Waals surface area contributed by atoms with Gasteiger partial charge in [0.25, 0.3) is 0 Å². The Morgan fingerprint density at radius 2 is 0.818 bits per heavy atom. The maximum Gasteiger partial charge on any atom is 0.200 e. The van der Waals surface area contributed by atoms with Crippen LogP contribution >= 0.6 is 0 Å². The van der Waals surface area contributed by atoms with E-state index in [1.807, 2.05) is 66.7 Å². The summed E-state index contributed by atoms with van der Waals surface area (Å²) < 4.78 is 0. The third-order valence-electron chi connectivity index (χ3n) is 5.77. The maximum absolute atomic E-state index is 9.79. The second-order valence-corrected chi connectivity index (χ2v) is 7.87. The molecular formula is C28H20O5. The highest BCUT2D eigenvalue weighted by Gasteiger charge is 2.11. The van der Waals surface area contributed by atoms with Gasteiger partial charge in [-0.25, -0.2) is 0 Å². The van der Waals surface area contributed by atoms with Gasteiger partial charge >= 0.3 is 0 Å². The summed E-state index contributed by atoms with van der Waals surface area (Å²) in [5.74, 6) is -1.21. The smallest absolute Gasteiger partial charge is 0.200 e. The van der Waals surface area contributed by atoms with Crippen LogP contribution in [0.1, 0.15) is 0 Å². The molecule has 6 rings (SSSR count). The molecule has 6 aromatic rings. The standard InChI is InChI=1S/C14H10O3.C14H10O2/c15-12-7-10-5-8-3-1-2-4-9(8)6-11(10)13(16)14(12)17;15-13-6-5-11-7-9-3-1-2-4-10(9)8-12(11)14(13)16/h1-7,15-17H;1-8,15-16H. The number of phenols is 5. The number of phenolic OH excluding ortho intramolecular Hbond substituents is 5. The van der Waals surface area contributed by atoms with Crippen LogP contribution in [0.25, 0.3) is 43.1 Å². The molecule has 6 aromatic carbocycles. The molecular weight excluding hydrogens is 416 g/mol. The Morgan fingerprint density at radius 3 is 1.39 bits per heavy atom. The zero-order valence-corrected chi connectivity index (χ0v) is 17.4. The third-order valence-corrected chi connectivity index (χ3v) is 5.77. The van der Waals surface area contributed by atoms with Crippen molar-refractivity contribution in [3.63, 3.8) is 0 Å². The summed E-state index contributed by atoms with van der Waals surface area (Å²) >= 11 is 0. The predicted octanol–water partition coefficient (Wildman–Crippen LogP) is 6.51. The highest BCUT2D eigenvalue weighted by molar-refractivity contribution is 6.03. The molecule has 0 radical (unpaired) electrons. The van der Waals surface area contributed by atoms with Gasteiger partial charge in [-0.1, -0.05) is 54.6 Å². The van der Waals surface area contributed by atoms with Gasteiger partial charge in [-0.2, -0.15) is 0 Å². The minimum absolute atomic E-state index is 0.0525. The zero-order valence-electron chi connectivity index (χ0n) is 17.4. The molecule has 0 fully saturated rings. The molecule has 0 atom stereocenters. The van der Waals surface area contributed by atoms with Gasteiger partial charge in [-0.05, 0) is 68.7 Å². The zero-order chi connectivity index (χ0) is 23.1. The van der Waals surface area contributed by atoms with Gasteiger partial charge in [0.1, 0.15) is 0 Å². The summed E-state index contributed by atoms with van der Waals surface area (Å²) in [5, 5.41) is 54.9. The lowest BCUT2D eigenvalue weighted by atomic mass is 10.0. The van der Waals surface area contributed by atoms with E-state index in [9.17, 15) is 25.5 Å². The van der Waals surface area contributed by atoms with E-state index in [-0.39, 0.29) is 23.0 Å². The van der Waals surface area contributed by atoms with Crippen LogP contribution in [0.15, 0.2) is 91.0 Å². The van der Waals surface area contributed by atoms with Crippen LogP contribution in [0.4, 0.5) is 0 Å². The average molecular weight is 436 g/mol. The number of fused-ring (bicyclic) bond motifs is 4. The molecule has 0 unspecified atom stereocenters. The first-order valence-corrected chi connectivity index (χ1v) is 10.3. The van der Waals surface area contributed by atoms with Crippen molar-refractivity contribution >= 4 is 43.1 Å². The summed E-state index contributed by atoms with van der Waals surface area (Å²) in [6.45, 7) is 0. The number of hydrogen-bond donors (Lipinski definition) is 5. The molecule has 0 spiro atoms. The first-order valence-electron chi connectivity index (χ1n) is 10.3. The molecule has 162 valence electrons. The second kappa shape index (κ2) is 7.80. The van der Waals surface area contributed by atoms with Crippen molar-refractivity contribution in [1.29, 1.82) is 0 Å². The van der Waals surface area contributed by atoms with Crippen molar-refractivity contribution in [2.24, 2.45) is 0 Å². The largest absolute Gasteiger partial charge is 0.504 e. The summed E-state index contributed by atoms with van der Waals surface area (Å²) in [5.41, 5.74) is 0. The molecule has 5 heteroatoms. The molecule has 0 heterocycles. The van der Waals surface area contributed by atoms with Crippen LogP contribution in [-0.4, -0.2) is 25.5 Å². The molecule has 0 bridgehead atoms. The summed E-state index contributed by atoms with van der Waals surface area (Å²) in [4.78, 5) is 0. The molecule has 0 aliphatic carbocycles. The second-order valence-electron chi connectivity index (χ2n) is 7.87. The average Bonchev–Trinajstić information content (AvgIpc) is 2.84. The fourth-order valence-electron chi connectivity index (χ4n) is 4.03. The van der Waals surface area contributed by atoms with Crippen molar-refractivity contribution in [1.82, 2.24) is 0 Å². The Morgan fingerprint density at radius 1 is 0.333 bits per heavy atom. The van der Waals surface area contributed by atoms with E-state index >= 15 is 0 Å². The fraction of sp³-hybridized carbons (Fsp3) is 0. The van der Waals surface area contributed by atoms with E-state index in [1.54, 1.807) is 12.1 Å². The monoisotopic (exact) mass is 436 g/mol.